The molecule has 0 aliphatic carbocycles. The Balaban J connectivity index is 2.85. The fraction of sp³-hybridized carbons (Fsp3) is 0.471. The fourth-order valence-electron chi connectivity index (χ4n) is 2.32. The van der Waals surface area contributed by atoms with Gasteiger partial charge >= 0.3 is 5.97 Å². The van der Waals surface area contributed by atoms with E-state index in [1.807, 2.05) is 20.8 Å². The van der Waals surface area contributed by atoms with Crippen LogP contribution in [0.2, 0.25) is 0 Å². The first-order valence-corrected chi connectivity index (χ1v) is 8.90. The van der Waals surface area contributed by atoms with Crippen LogP contribution in [0.4, 0.5) is 0 Å². The van der Waals surface area contributed by atoms with Crippen molar-refractivity contribution in [3.8, 4) is 0 Å². The van der Waals surface area contributed by atoms with Gasteiger partial charge in [0.25, 0.3) is 10.1 Å². The third-order valence-corrected chi connectivity index (χ3v) is 4.28. The quantitative estimate of drug-likeness (QED) is 0.356. The summed E-state index contributed by atoms with van der Waals surface area (Å²) in [5.74, 6) is -0.450. The van der Waals surface area contributed by atoms with Gasteiger partial charge < -0.3 is 4.74 Å². The van der Waals surface area contributed by atoms with Crippen LogP contribution in [0.25, 0.3) is 0 Å². The van der Waals surface area contributed by atoms with Crippen LogP contribution in [0, 0.1) is 0 Å². The van der Waals surface area contributed by atoms with E-state index in [0.29, 0.717) is 19.4 Å². The molecule has 0 spiro atoms. The Morgan fingerprint density at radius 3 is 2.48 bits per heavy atom. The maximum Gasteiger partial charge on any atom is 0.330 e. The van der Waals surface area contributed by atoms with Gasteiger partial charge in [0.2, 0.25) is 0 Å². The van der Waals surface area contributed by atoms with Gasteiger partial charge in [-0.25, -0.2) is 4.79 Å². The molecule has 1 aromatic carbocycles. The molecule has 6 heteroatoms. The molecule has 0 saturated carbocycles. The molecule has 1 rings (SSSR count). The predicted molar refractivity (Wildman–Crippen MR) is 89.1 cm³/mol. The van der Waals surface area contributed by atoms with Crippen molar-refractivity contribution in [3.63, 3.8) is 0 Å². The molecule has 0 saturated heterocycles. The largest absolute Gasteiger partial charge is 0.463 e. The minimum Gasteiger partial charge on any atom is -0.463 e. The van der Waals surface area contributed by atoms with Gasteiger partial charge in [-0.3, -0.25) is 4.55 Å². The summed E-state index contributed by atoms with van der Waals surface area (Å²) >= 11 is 0. The van der Waals surface area contributed by atoms with E-state index in [-0.39, 0.29) is 10.3 Å². The van der Waals surface area contributed by atoms with Gasteiger partial charge in [0.1, 0.15) is 0 Å². The maximum absolute atomic E-state index is 11.3. The van der Waals surface area contributed by atoms with Crippen molar-refractivity contribution < 1.29 is 22.5 Å². The monoisotopic (exact) mass is 340 g/mol. The van der Waals surface area contributed by atoms with E-state index in [4.69, 9.17) is 4.74 Å². The molecule has 0 aliphatic rings. The zero-order valence-corrected chi connectivity index (χ0v) is 14.6. The van der Waals surface area contributed by atoms with Gasteiger partial charge in [-0.05, 0) is 47.9 Å². The number of benzene rings is 1. The Morgan fingerprint density at radius 1 is 1.30 bits per heavy atom. The number of esters is 1. The van der Waals surface area contributed by atoms with Crippen molar-refractivity contribution in [1.29, 1.82) is 0 Å². The van der Waals surface area contributed by atoms with Crippen molar-refractivity contribution in [2.45, 2.75) is 50.3 Å². The lowest BCUT2D eigenvalue weighted by atomic mass is 9.82. The van der Waals surface area contributed by atoms with Crippen LogP contribution in [-0.4, -0.2) is 25.5 Å². The molecule has 0 aromatic heterocycles. The zero-order valence-electron chi connectivity index (χ0n) is 13.8. The molecule has 0 atom stereocenters. The Labute approximate surface area is 138 Å². The number of hydrogen-bond donors (Lipinski definition) is 1. The molecule has 0 amide bonds. The third kappa shape index (κ3) is 6.15. The molecule has 5 nitrogen and oxygen atoms in total. The SMILES string of the molecule is C=CC(=O)OCCCCc1cc(S(=O)(=O)O)ccc1C(C)(C)C. The molecule has 0 bridgehead atoms. The van der Waals surface area contributed by atoms with Crippen molar-refractivity contribution in [2.75, 3.05) is 6.61 Å². The lowest BCUT2D eigenvalue weighted by molar-refractivity contribution is -0.137. The second kappa shape index (κ2) is 7.75. The van der Waals surface area contributed by atoms with Crippen LogP contribution in [0.5, 0.6) is 0 Å². The van der Waals surface area contributed by atoms with E-state index in [1.54, 1.807) is 6.07 Å². The first kappa shape index (κ1) is 19.4. The van der Waals surface area contributed by atoms with Gasteiger partial charge in [-0.1, -0.05) is 33.4 Å². The molecule has 1 N–H and O–H groups in total. The minimum atomic E-state index is -4.22. The molecule has 0 aliphatic heterocycles. The van der Waals surface area contributed by atoms with Gasteiger partial charge in [0.05, 0.1) is 11.5 Å². The topological polar surface area (TPSA) is 80.7 Å². The Morgan fingerprint density at radius 2 is 1.96 bits per heavy atom. The maximum atomic E-state index is 11.3. The number of aryl methyl sites for hydroxylation is 1. The minimum absolute atomic E-state index is 0.0985. The lowest BCUT2D eigenvalue weighted by Crippen LogP contribution is -2.15. The number of unbranched alkanes of at least 4 members (excludes halogenated alkanes) is 1. The first-order chi connectivity index (χ1) is 10.6. The number of rotatable bonds is 7. The van der Waals surface area contributed by atoms with E-state index in [1.165, 1.54) is 12.1 Å². The lowest BCUT2D eigenvalue weighted by Gasteiger charge is -2.23. The summed E-state index contributed by atoms with van der Waals surface area (Å²) in [6.07, 6.45) is 3.16. The highest BCUT2D eigenvalue weighted by molar-refractivity contribution is 7.85. The van der Waals surface area contributed by atoms with Crippen molar-refractivity contribution in [3.05, 3.63) is 42.0 Å². The third-order valence-electron chi connectivity index (χ3n) is 3.43. The predicted octanol–water partition coefficient (Wildman–Crippen LogP) is 3.28. The highest BCUT2D eigenvalue weighted by Gasteiger charge is 2.20. The molecule has 0 fully saturated rings. The fourth-order valence-corrected chi connectivity index (χ4v) is 2.85. The van der Waals surface area contributed by atoms with E-state index in [2.05, 4.69) is 6.58 Å². The van der Waals surface area contributed by atoms with Crippen LogP contribution in [0.15, 0.2) is 35.7 Å². The summed E-state index contributed by atoms with van der Waals surface area (Å²) in [6.45, 7) is 9.76. The summed E-state index contributed by atoms with van der Waals surface area (Å²) < 4.78 is 36.8. The summed E-state index contributed by atoms with van der Waals surface area (Å²) in [4.78, 5) is 10.9. The van der Waals surface area contributed by atoms with Crippen LogP contribution >= 0.6 is 0 Å². The van der Waals surface area contributed by atoms with Gasteiger partial charge in [-0.2, -0.15) is 8.42 Å². The summed E-state index contributed by atoms with van der Waals surface area (Å²) in [5, 5.41) is 0. The van der Waals surface area contributed by atoms with Crippen molar-refractivity contribution >= 4 is 16.1 Å². The molecule has 23 heavy (non-hydrogen) atoms. The van der Waals surface area contributed by atoms with Crippen molar-refractivity contribution in [1.82, 2.24) is 0 Å². The van der Waals surface area contributed by atoms with E-state index in [0.717, 1.165) is 23.6 Å². The van der Waals surface area contributed by atoms with E-state index in [9.17, 15) is 17.8 Å². The highest BCUT2D eigenvalue weighted by atomic mass is 32.2. The number of carbonyl (C=O) groups excluding carboxylic acids is 1. The number of hydrogen-bond acceptors (Lipinski definition) is 4. The number of ether oxygens (including phenoxy) is 1. The van der Waals surface area contributed by atoms with Crippen molar-refractivity contribution in [2.24, 2.45) is 0 Å². The second-order valence-corrected chi connectivity index (χ2v) is 7.79. The Bertz CT molecular complexity index is 669. The summed E-state index contributed by atoms with van der Waals surface area (Å²) in [6, 6.07) is 4.69. The average molecular weight is 340 g/mol. The molecule has 0 unspecified atom stereocenters. The number of carbonyl (C=O) groups is 1. The molecular formula is C17H24O5S. The molecule has 1 aromatic rings. The summed E-state index contributed by atoms with van der Waals surface area (Å²) in [5.41, 5.74) is 1.78. The second-order valence-electron chi connectivity index (χ2n) is 6.37. The smallest absolute Gasteiger partial charge is 0.330 e. The van der Waals surface area contributed by atoms with Gasteiger partial charge in [0, 0.05) is 6.08 Å². The molecule has 128 valence electrons. The standard InChI is InChI=1S/C17H24O5S/c1-5-16(18)22-11-7-6-8-13-12-14(23(19,20)21)9-10-15(13)17(2,3)4/h5,9-10,12H,1,6-8,11H2,2-4H3,(H,19,20,21). The molecular weight excluding hydrogens is 316 g/mol. The molecule has 0 heterocycles. The van der Waals surface area contributed by atoms with Gasteiger partial charge in [0.15, 0.2) is 0 Å². The van der Waals surface area contributed by atoms with Crippen LogP contribution in [0.3, 0.4) is 0 Å². The summed E-state index contributed by atoms with van der Waals surface area (Å²) in [7, 11) is -4.22. The van der Waals surface area contributed by atoms with E-state index >= 15 is 0 Å². The Hall–Kier alpha value is -1.66. The zero-order chi connectivity index (χ0) is 17.7. The first-order valence-electron chi connectivity index (χ1n) is 7.46. The normalized spacial score (nSPS) is 12.0. The average Bonchev–Trinajstić information content (AvgIpc) is 2.44. The van der Waals surface area contributed by atoms with Crippen LogP contribution in [-0.2, 0) is 31.5 Å². The Kier molecular flexibility index (Phi) is 6.53. The van der Waals surface area contributed by atoms with Crippen LogP contribution in [0.1, 0.15) is 44.7 Å². The van der Waals surface area contributed by atoms with Gasteiger partial charge in [-0.15, -0.1) is 0 Å². The van der Waals surface area contributed by atoms with E-state index < -0.39 is 16.1 Å². The molecule has 0 radical (unpaired) electrons. The highest BCUT2D eigenvalue weighted by Crippen LogP contribution is 2.29. The van der Waals surface area contributed by atoms with Crippen LogP contribution < -0.4 is 0 Å².